The molecule has 0 saturated carbocycles. The molecule has 4 heteroatoms. The topological polar surface area (TPSA) is 46.9 Å². The van der Waals surface area contributed by atoms with E-state index in [1.807, 2.05) is 13.0 Å². The molecule has 2 atom stereocenters. The van der Waals surface area contributed by atoms with Crippen LogP contribution in [0.25, 0.3) is 0 Å². The Bertz CT molecular complexity index is 734. The molecule has 120 valence electrons. The SMILES string of the molecule is Cc1cn2c(n1)CC[C@H](NC(=O)[C@H]1CCCc3ccccc31)C2. The average Bonchev–Trinajstić information content (AvgIpc) is 2.93. The highest BCUT2D eigenvalue weighted by molar-refractivity contribution is 5.84. The highest BCUT2D eigenvalue weighted by atomic mass is 16.1. The first kappa shape index (κ1) is 14.5. The van der Waals surface area contributed by atoms with Crippen molar-refractivity contribution in [2.75, 3.05) is 0 Å². The minimum absolute atomic E-state index is 0.0193. The quantitative estimate of drug-likeness (QED) is 0.927. The number of fused-ring (bicyclic) bond motifs is 2. The van der Waals surface area contributed by atoms with Crippen LogP contribution in [0.15, 0.2) is 30.5 Å². The van der Waals surface area contributed by atoms with E-state index in [2.05, 4.69) is 39.3 Å². The molecule has 4 nitrogen and oxygen atoms in total. The number of hydrogen-bond donors (Lipinski definition) is 1. The van der Waals surface area contributed by atoms with Gasteiger partial charge in [0.15, 0.2) is 0 Å². The van der Waals surface area contributed by atoms with E-state index in [4.69, 9.17) is 0 Å². The van der Waals surface area contributed by atoms with Crippen molar-refractivity contribution in [1.82, 2.24) is 14.9 Å². The van der Waals surface area contributed by atoms with Crippen molar-refractivity contribution < 1.29 is 4.79 Å². The maximum Gasteiger partial charge on any atom is 0.227 e. The number of imidazole rings is 1. The second-order valence-corrected chi connectivity index (χ2v) is 6.84. The van der Waals surface area contributed by atoms with Crippen molar-refractivity contribution in [2.45, 2.75) is 57.5 Å². The molecule has 23 heavy (non-hydrogen) atoms. The van der Waals surface area contributed by atoms with Gasteiger partial charge < -0.3 is 9.88 Å². The molecular weight excluding hydrogens is 286 g/mol. The Morgan fingerprint density at radius 2 is 2.13 bits per heavy atom. The summed E-state index contributed by atoms with van der Waals surface area (Å²) in [5.41, 5.74) is 3.63. The van der Waals surface area contributed by atoms with Gasteiger partial charge in [0, 0.05) is 25.2 Å². The van der Waals surface area contributed by atoms with Crippen molar-refractivity contribution in [2.24, 2.45) is 0 Å². The first-order valence-corrected chi connectivity index (χ1v) is 8.61. The third kappa shape index (κ3) is 2.78. The highest BCUT2D eigenvalue weighted by Gasteiger charge is 2.29. The number of benzene rings is 1. The Morgan fingerprint density at radius 3 is 3.04 bits per heavy atom. The van der Waals surface area contributed by atoms with Gasteiger partial charge in [-0.05, 0) is 43.7 Å². The van der Waals surface area contributed by atoms with Crippen molar-refractivity contribution >= 4 is 5.91 Å². The summed E-state index contributed by atoms with van der Waals surface area (Å²) in [6.07, 6.45) is 7.18. The van der Waals surface area contributed by atoms with Gasteiger partial charge in [0.05, 0.1) is 11.6 Å². The van der Waals surface area contributed by atoms with Crippen LogP contribution in [0.3, 0.4) is 0 Å². The lowest BCUT2D eigenvalue weighted by Gasteiger charge is -2.29. The lowest BCUT2D eigenvalue weighted by atomic mass is 9.82. The van der Waals surface area contributed by atoms with Gasteiger partial charge in [-0.3, -0.25) is 4.79 Å². The molecule has 2 heterocycles. The number of nitrogens with one attached hydrogen (secondary N) is 1. The van der Waals surface area contributed by atoms with E-state index in [9.17, 15) is 4.79 Å². The summed E-state index contributed by atoms with van der Waals surface area (Å²) in [6, 6.07) is 8.62. The molecule has 0 unspecified atom stereocenters. The Balaban J connectivity index is 1.47. The molecule has 0 radical (unpaired) electrons. The lowest BCUT2D eigenvalue weighted by molar-refractivity contribution is -0.123. The van der Waals surface area contributed by atoms with Gasteiger partial charge in [0.1, 0.15) is 5.82 Å². The number of hydrogen-bond acceptors (Lipinski definition) is 2. The van der Waals surface area contributed by atoms with Crippen LogP contribution in [0.1, 0.15) is 47.8 Å². The molecule has 1 aromatic carbocycles. The highest BCUT2D eigenvalue weighted by Crippen LogP contribution is 2.31. The van der Waals surface area contributed by atoms with Crippen LogP contribution in [0.2, 0.25) is 0 Å². The summed E-state index contributed by atoms with van der Waals surface area (Å²) in [7, 11) is 0. The molecule has 1 aromatic heterocycles. The summed E-state index contributed by atoms with van der Waals surface area (Å²) in [6.45, 7) is 2.87. The van der Waals surface area contributed by atoms with Crippen LogP contribution in [0.4, 0.5) is 0 Å². The summed E-state index contributed by atoms with van der Waals surface area (Å²) in [5, 5.41) is 3.29. The maximum atomic E-state index is 12.8. The van der Waals surface area contributed by atoms with E-state index in [1.54, 1.807) is 0 Å². The monoisotopic (exact) mass is 309 g/mol. The van der Waals surface area contributed by atoms with Crippen LogP contribution in [-0.2, 0) is 24.2 Å². The van der Waals surface area contributed by atoms with Gasteiger partial charge in [-0.2, -0.15) is 0 Å². The zero-order chi connectivity index (χ0) is 15.8. The molecule has 0 spiro atoms. The Hall–Kier alpha value is -2.10. The number of aryl methyl sites for hydroxylation is 3. The third-order valence-electron chi connectivity index (χ3n) is 5.15. The third-order valence-corrected chi connectivity index (χ3v) is 5.15. The van der Waals surface area contributed by atoms with Crippen LogP contribution in [-0.4, -0.2) is 21.5 Å². The summed E-state index contributed by atoms with van der Waals surface area (Å²) >= 11 is 0. The smallest absolute Gasteiger partial charge is 0.227 e. The van der Waals surface area contributed by atoms with E-state index in [0.29, 0.717) is 0 Å². The molecule has 0 fully saturated rings. The summed E-state index contributed by atoms with van der Waals surface area (Å²) in [4.78, 5) is 17.3. The number of carbonyl (C=O) groups is 1. The zero-order valence-electron chi connectivity index (χ0n) is 13.6. The Labute approximate surface area is 136 Å². The molecule has 2 aliphatic rings. The summed E-state index contributed by atoms with van der Waals surface area (Å²) < 4.78 is 2.19. The van der Waals surface area contributed by atoms with Gasteiger partial charge in [0.25, 0.3) is 0 Å². The first-order valence-electron chi connectivity index (χ1n) is 8.61. The molecule has 1 aliphatic carbocycles. The van der Waals surface area contributed by atoms with Gasteiger partial charge in [-0.25, -0.2) is 4.98 Å². The number of nitrogens with zero attached hydrogens (tertiary/aromatic N) is 2. The summed E-state index contributed by atoms with van der Waals surface area (Å²) in [5.74, 6) is 1.37. The average molecular weight is 309 g/mol. The van der Waals surface area contributed by atoms with E-state index in [-0.39, 0.29) is 17.9 Å². The lowest BCUT2D eigenvalue weighted by Crippen LogP contribution is -2.43. The number of aromatic nitrogens is 2. The van der Waals surface area contributed by atoms with Crippen LogP contribution in [0, 0.1) is 6.92 Å². The Kier molecular flexibility index (Phi) is 3.68. The van der Waals surface area contributed by atoms with E-state index < -0.39 is 0 Å². The van der Waals surface area contributed by atoms with Gasteiger partial charge >= 0.3 is 0 Å². The predicted octanol–water partition coefficient (Wildman–Crippen LogP) is 2.74. The van der Waals surface area contributed by atoms with Crippen molar-refractivity contribution in [3.8, 4) is 0 Å². The minimum atomic E-state index is 0.0193. The molecule has 4 rings (SSSR count). The van der Waals surface area contributed by atoms with E-state index in [1.165, 1.54) is 11.1 Å². The number of amides is 1. The molecular formula is C19H23N3O. The van der Waals surface area contributed by atoms with Crippen LogP contribution >= 0.6 is 0 Å². The first-order chi connectivity index (χ1) is 11.2. The van der Waals surface area contributed by atoms with Crippen LogP contribution < -0.4 is 5.32 Å². The van der Waals surface area contributed by atoms with E-state index in [0.717, 1.165) is 50.2 Å². The number of carbonyl (C=O) groups excluding carboxylic acids is 1. The normalized spacial score (nSPS) is 23.0. The fourth-order valence-corrected chi connectivity index (χ4v) is 4.03. The van der Waals surface area contributed by atoms with Gasteiger partial charge in [-0.15, -0.1) is 0 Å². The van der Waals surface area contributed by atoms with E-state index >= 15 is 0 Å². The van der Waals surface area contributed by atoms with Crippen molar-refractivity contribution in [3.63, 3.8) is 0 Å². The second kappa shape index (κ2) is 5.84. The minimum Gasteiger partial charge on any atom is -0.351 e. The Morgan fingerprint density at radius 1 is 1.26 bits per heavy atom. The molecule has 1 amide bonds. The van der Waals surface area contributed by atoms with Gasteiger partial charge in [0.2, 0.25) is 5.91 Å². The molecule has 0 bridgehead atoms. The van der Waals surface area contributed by atoms with Crippen molar-refractivity contribution in [1.29, 1.82) is 0 Å². The standard InChI is InChI=1S/C19H23N3O/c1-13-11-22-12-15(9-10-18(22)20-13)21-19(23)17-8-4-6-14-5-2-3-7-16(14)17/h2-3,5,7,11,15,17H,4,6,8-10,12H2,1H3,(H,21,23)/t15-,17-/m0/s1. The zero-order valence-corrected chi connectivity index (χ0v) is 13.6. The fraction of sp³-hybridized carbons (Fsp3) is 0.474. The molecule has 1 N–H and O–H groups in total. The molecule has 2 aromatic rings. The van der Waals surface area contributed by atoms with Crippen LogP contribution in [0.5, 0.6) is 0 Å². The predicted molar refractivity (Wildman–Crippen MR) is 89.3 cm³/mol. The number of rotatable bonds is 2. The maximum absolute atomic E-state index is 12.8. The van der Waals surface area contributed by atoms with Crippen molar-refractivity contribution in [3.05, 3.63) is 53.1 Å². The largest absolute Gasteiger partial charge is 0.351 e. The second-order valence-electron chi connectivity index (χ2n) is 6.84. The molecule has 0 saturated heterocycles. The van der Waals surface area contributed by atoms with Gasteiger partial charge in [-0.1, -0.05) is 24.3 Å². The molecule has 1 aliphatic heterocycles. The fourth-order valence-electron chi connectivity index (χ4n) is 4.03.